The first-order valence-corrected chi connectivity index (χ1v) is 8.87. The van der Waals surface area contributed by atoms with Crippen molar-refractivity contribution in [2.45, 2.75) is 70.9 Å². The van der Waals surface area contributed by atoms with E-state index >= 15 is 0 Å². The van der Waals surface area contributed by atoms with E-state index in [9.17, 15) is 4.79 Å². The molecule has 122 valence electrons. The minimum Gasteiger partial charge on any atom is -0.348 e. The summed E-state index contributed by atoms with van der Waals surface area (Å²) < 4.78 is 2.41. The zero-order valence-corrected chi connectivity index (χ0v) is 14.0. The molecule has 2 aliphatic rings. The number of carbonyl (C=O) groups excluding carboxylic acids is 1. The van der Waals surface area contributed by atoms with Crippen molar-refractivity contribution in [1.82, 2.24) is 15.2 Å². The second-order valence-corrected chi connectivity index (χ2v) is 6.96. The van der Waals surface area contributed by atoms with Crippen molar-refractivity contribution in [3.63, 3.8) is 0 Å². The van der Waals surface area contributed by atoms with Gasteiger partial charge >= 0.3 is 0 Å². The zero-order chi connectivity index (χ0) is 15.5. The van der Waals surface area contributed by atoms with Crippen LogP contribution >= 0.6 is 0 Å². The summed E-state index contributed by atoms with van der Waals surface area (Å²) in [6.07, 6.45) is 8.73. The second-order valence-electron chi connectivity index (χ2n) is 6.96. The molecule has 0 radical (unpaired) electrons. The number of amides is 1. The topological polar surface area (TPSA) is 46.1 Å². The van der Waals surface area contributed by atoms with E-state index in [0.29, 0.717) is 6.04 Å². The fraction of sp³-hybridized carbons (Fsp3) is 0.722. The number of aryl methyl sites for hydroxylation is 1. The van der Waals surface area contributed by atoms with Gasteiger partial charge in [-0.1, -0.05) is 19.3 Å². The van der Waals surface area contributed by atoms with Gasteiger partial charge in [-0.2, -0.15) is 0 Å². The Bertz CT molecular complexity index is 523. The number of hydrogen-bond acceptors (Lipinski definition) is 2. The van der Waals surface area contributed by atoms with E-state index in [1.165, 1.54) is 37.8 Å². The first-order valence-electron chi connectivity index (χ1n) is 8.87. The molecule has 4 nitrogen and oxygen atoms in total. The van der Waals surface area contributed by atoms with Crippen LogP contribution in [0.5, 0.6) is 0 Å². The van der Waals surface area contributed by atoms with Crippen molar-refractivity contribution in [1.29, 1.82) is 0 Å². The minimum atomic E-state index is 0.101. The highest BCUT2D eigenvalue weighted by Gasteiger charge is 2.24. The average molecular weight is 303 g/mol. The van der Waals surface area contributed by atoms with Gasteiger partial charge in [-0.15, -0.1) is 0 Å². The Balaban J connectivity index is 1.74. The van der Waals surface area contributed by atoms with Crippen molar-refractivity contribution in [2.24, 2.45) is 0 Å². The fourth-order valence-corrected chi connectivity index (χ4v) is 4.15. The molecule has 1 aromatic heterocycles. The molecule has 0 bridgehead atoms. The van der Waals surface area contributed by atoms with E-state index in [1.54, 1.807) is 0 Å². The number of nitrogens with one attached hydrogen (secondary N) is 2. The summed E-state index contributed by atoms with van der Waals surface area (Å²) >= 11 is 0. The first kappa shape index (κ1) is 15.6. The van der Waals surface area contributed by atoms with E-state index in [0.717, 1.165) is 37.2 Å². The molecule has 1 aliphatic heterocycles. The van der Waals surface area contributed by atoms with Crippen LogP contribution in [0.15, 0.2) is 6.07 Å². The molecule has 1 aliphatic carbocycles. The standard InChI is InChI=1S/C18H29N3O/c1-13-11-17(18(22)20-15-7-6-10-19-12-15)14(2)21(13)16-8-4-3-5-9-16/h11,15-16,19H,3-10,12H2,1-2H3,(H,20,22)/t15-/m0/s1. The lowest BCUT2D eigenvalue weighted by Crippen LogP contribution is -2.45. The molecular formula is C18H29N3O. The summed E-state index contributed by atoms with van der Waals surface area (Å²) in [6, 6.07) is 2.95. The maximum absolute atomic E-state index is 12.6. The molecule has 0 spiro atoms. The molecule has 2 fully saturated rings. The summed E-state index contributed by atoms with van der Waals surface area (Å²) in [6.45, 7) is 6.21. The van der Waals surface area contributed by atoms with Crippen molar-refractivity contribution < 1.29 is 4.79 Å². The van der Waals surface area contributed by atoms with E-state index in [1.807, 2.05) is 0 Å². The highest BCUT2D eigenvalue weighted by atomic mass is 16.1. The number of hydrogen-bond donors (Lipinski definition) is 2. The smallest absolute Gasteiger partial charge is 0.253 e. The van der Waals surface area contributed by atoms with Gasteiger partial charge < -0.3 is 15.2 Å². The van der Waals surface area contributed by atoms with Crippen LogP contribution in [0, 0.1) is 13.8 Å². The van der Waals surface area contributed by atoms with Crippen molar-refractivity contribution >= 4 is 5.91 Å². The van der Waals surface area contributed by atoms with E-state index in [-0.39, 0.29) is 11.9 Å². The second kappa shape index (κ2) is 6.86. The maximum Gasteiger partial charge on any atom is 0.253 e. The zero-order valence-electron chi connectivity index (χ0n) is 14.0. The Morgan fingerprint density at radius 3 is 2.64 bits per heavy atom. The summed E-state index contributed by atoms with van der Waals surface area (Å²) in [5.41, 5.74) is 3.25. The summed E-state index contributed by atoms with van der Waals surface area (Å²) in [5, 5.41) is 6.56. The Morgan fingerprint density at radius 2 is 1.95 bits per heavy atom. The minimum absolute atomic E-state index is 0.101. The quantitative estimate of drug-likeness (QED) is 0.901. The van der Waals surface area contributed by atoms with Crippen LogP contribution in [0.1, 0.15) is 72.7 Å². The Kier molecular flexibility index (Phi) is 4.87. The molecule has 3 rings (SSSR count). The van der Waals surface area contributed by atoms with Gasteiger partial charge in [0.25, 0.3) is 5.91 Å². The average Bonchev–Trinajstić information content (AvgIpc) is 2.84. The van der Waals surface area contributed by atoms with Crippen LogP contribution in [0.4, 0.5) is 0 Å². The van der Waals surface area contributed by atoms with Gasteiger partial charge in [0.1, 0.15) is 0 Å². The SMILES string of the molecule is Cc1cc(C(=O)N[C@H]2CCCNC2)c(C)n1C1CCCCC1. The summed E-state index contributed by atoms with van der Waals surface area (Å²) in [7, 11) is 0. The fourth-order valence-electron chi connectivity index (χ4n) is 4.15. The normalized spacial score (nSPS) is 23.5. The maximum atomic E-state index is 12.6. The summed E-state index contributed by atoms with van der Waals surface area (Å²) in [5.74, 6) is 0.101. The molecule has 0 aromatic carbocycles. The van der Waals surface area contributed by atoms with Gasteiger partial charge in [0, 0.05) is 30.0 Å². The third kappa shape index (κ3) is 3.22. The third-order valence-electron chi connectivity index (χ3n) is 5.30. The van der Waals surface area contributed by atoms with E-state index in [4.69, 9.17) is 0 Å². The molecular weight excluding hydrogens is 274 g/mol. The molecule has 4 heteroatoms. The first-order chi connectivity index (χ1) is 10.7. The van der Waals surface area contributed by atoms with Gasteiger partial charge in [-0.3, -0.25) is 4.79 Å². The van der Waals surface area contributed by atoms with Crippen LogP contribution < -0.4 is 10.6 Å². The van der Waals surface area contributed by atoms with Crippen LogP contribution in [-0.2, 0) is 0 Å². The Labute approximate surface area is 133 Å². The monoisotopic (exact) mass is 303 g/mol. The van der Waals surface area contributed by atoms with Crippen LogP contribution in [-0.4, -0.2) is 29.6 Å². The number of nitrogens with zero attached hydrogens (tertiary/aromatic N) is 1. The van der Waals surface area contributed by atoms with Crippen molar-refractivity contribution in [3.8, 4) is 0 Å². The van der Waals surface area contributed by atoms with Gasteiger partial charge in [0.2, 0.25) is 0 Å². The lowest BCUT2D eigenvalue weighted by atomic mass is 9.95. The highest BCUT2D eigenvalue weighted by Crippen LogP contribution is 2.32. The van der Waals surface area contributed by atoms with Gasteiger partial charge in [-0.25, -0.2) is 0 Å². The third-order valence-corrected chi connectivity index (χ3v) is 5.30. The number of carbonyl (C=O) groups is 1. The Morgan fingerprint density at radius 1 is 1.18 bits per heavy atom. The van der Waals surface area contributed by atoms with E-state index in [2.05, 4.69) is 35.1 Å². The molecule has 1 aromatic rings. The predicted octanol–water partition coefficient (Wildman–Crippen LogP) is 3.09. The molecule has 22 heavy (non-hydrogen) atoms. The van der Waals surface area contributed by atoms with Gasteiger partial charge in [0.05, 0.1) is 5.56 Å². The molecule has 1 saturated heterocycles. The number of aromatic nitrogens is 1. The van der Waals surface area contributed by atoms with Crippen LogP contribution in [0.2, 0.25) is 0 Å². The molecule has 2 N–H and O–H groups in total. The van der Waals surface area contributed by atoms with Crippen LogP contribution in [0.25, 0.3) is 0 Å². The molecule has 1 amide bonds. The van der Waals surface area contributed by atoms with Gasteiger partial charge in [-0.05, 0) is 52.1 Å². The summed E-state index contributed by atoms with van der Waals surface area (Å²) in [4.78, 5) is 12.6. The van der Waals surface area contributed by atoms with Crippen LogP contribution in [0.3, 0.4) is 0 Å². The van der Waals surface area contributed by atoms with Crippen molar-refractivity contribution in [2.75, 3.05) is 13.1 Å². The molecule has 2 heterocycles. The van der Waals surface area contributed by atoms with Crippen molar-refractivity contribution in [3.05, 3.63) is 23.0 Å². The molecule has 0 unspecified atom stereocenters. The van der Waals surface area contributed by atoms with Gasteiger partial charge in [0.15, 0.2) is 0 Å². The molecule has 1 saturated carbocycles. The predicted molar refractivity (Wildman–Crippen MR) is 89.4 cm³/mol. The largest absolute Gasteiger partial charge is 0.348 e. The lowest BCUT2D eigenvalue weighted by molar-refractivity contribution is 0.0930. The number of piperidine rings is 1. The Hall–Kier alpha value is -1.29. The number of rotatable bonds is 3. The lowest BCUT2D eigenvalue weighted by Gasteiger charge is -2.26. The van der Waals surface area contributed by atoms with E-state index < -0.39 is 0 Å². The highest BCUT2D eigenvalue weighted by molar-refractivity contribution is 5.96. The molecule has 1 atom stereocenters.